The Balaban J connectivity index is 1.94. The third-order valence-corrected chi connectivity index (χ3v) is 3.60. The summed E-state index contributed by atoms with van der Waals surface area (Å²) in [5, 5.41) is 7.73. The van der Waals surface area contributed by atoms with E-state index in [9.17, 15) is 0 Å². The van der Waals surface area contributed by atoms with Crippen molar-refractivity contribution in [2.45, 2.75) is 46.0 Å². The zero-order valence-corrected chi connectivity index (χ0v) is 11.0. The highest BCUT2D eigenvalue weighted by Gasteiger charge is 2.26. The van der Waals surface area contributed by atoms with Crippen LogP contribution in [-0.2, 0) is 0 Å². The second-order valence-corrected chi connectivity index (χ2v) is 5.62. The van der Waals surface area contributed by atoms with Gasteiger partial charge in [0.15, 0.2) is 0 Å². The zero-order valence-electron chi connectivity index (χ0n) is 11.0. The minimum absolute atomic E-state index is 0.752. The SMILES string of the molecule is CC(C)CN(N1CCCCC1)N1CCCC1. The van der Waals surface area contributed by atoms with E-state index < -0.39 is 0 Å². The van der Waals surface area contributed by atoms with Gasteiger partial charge in [0.05, 0.1) is 0 Å². The third kappa shape index (κ3) is 3.19. The number of hydrogen-bond donors (Lipinski definition) is 0. The second kappa shape index (κ2) is 5.99. The van der Waals surface area contributed by atoms with E-state index in [4.69, 9.17) is 0 Å². The molecule has 0 unspecified atom stereocenters. The normalized spacial score (nSPS) is 24.8. The fraction of sp³-hybridized carbons (Fsp3) is 1.00. The van der Waals surface area contributed by atoms with Gasteiger partial charge in [0.2, 0.25) is 0 Å². The molecule has 2 aliphatic heterocycles. The van der Waals surface area contributed by atoms with Crippen molar-refractivity contribution in [2.75, 3.05) is 32.7 Å². The maximum absolute atomic E-state index is 2.59. The Labute approximate surface area is 100 Å². The molecule has 0 radical (unpaired) electrons. The molecule has 0 aromatic heterocycles. The van der Waals surface area contributed by atoms with Crippen LogP contribution in [0.1, 0.15) is 46.0 Å². The van der Waals surface area contributed by atoms with Crippen molar-refractivity contribution in [1.29, 1.82) is 0 Å². The Morgan fingerprint density at radius 3 is 1.69 bits per heavy atom. The summed E-state index contributed by atoms with van der Waals surface area (Å²) in [6.07, 6.45) is 6.93. The first-order valence-corrected chi connectivity index (χ1v) is 7.04. The van der Waals surface area contributed by atoms with Crippen LogP contribution in [0.15, 0.2) is 0 Å². The van der Waals surface area contributed by atoms with Crippen LogP contribution in [0.2, 0.25) is 0 Å². The lowest BCUT2D eigenvalue weighted by molar-refractivity contribution is -0.187. The number of hydrazine groups is 2. The lowest BCUT2D eigenvalue weighted by Gasteiger charge is -2.43. The molecule has 0 saturated carbocycles. The van der Waals surface area contributed by atoms with Crippen LogP contribution in [-0.4, -0.2) is 47.9 Å². The summed E-state index contributed by atoms with van der Waals surface area (Å²) in [5.41, 5.74) is 0. The summed E-state index contributed by atoms with van der Waals surface area (Å²) in [7, 11) is 0. The van der Waals surface area contributed by atoms with Gasteiger partial charge in [-0.1, -0.05) is 20.3 Å². The van der Waals surface area contributed by atoms with Crippen LogP contribution in [0.25, 0.3) is 0 Å². The largest absolute Gasteiger partial charge is 0.228 e. The van der Waals surface area contributed by atoms with E-state index in [-0.39, 0.29) is 0 Å². The number of nitrogens with zero attached hydrogens (tertiary/aromatic N) is 3. The molecule has 0 atom stereocenters. The van der Waals surface area contributed by atoms with Crippen molar-refractivity contribution in [3.63, 3.8) is 0 Å². The molecule has 2 aliphatic rings. The van der Waals surface area contributed by atoms with Gasteiger partial charge in [-0.3, -0.25) is 0 Å². The number of rotatable bonds is 4. The highest BCUT2D eigenvalue weighted by atomic mass is 15.9. The monoisotopic (exact) mass is 225 g/mol. The second-order valence-electron chi connectivity index (χ2n) is 5.62. The van der Waals surface area contributed by atoms with E-state index >= 15 is 0 Å². The van der Waals surface area contributed by atoms with Crippen molar-refractivity contribution in [3.05, 3.63) is 0 Å². The van der Waals surface area contributed by atoms with Crippen molar-refractivity contribution in [2.24, 2.45) is 5.92 Å². The van der Waals surface area contributed by atoms with Crippen molar-refractivity contribution >= 4 is 0 Å². The van der Waals surface area contributed by atoms with Gasteiger partial charge < -0.3 is 0 Å². The summed E-state index contributed by atoms with van der Waals surface area (Å²) in [6, 6.07) is 0. The minimum atomic E-state index is 0.752. The number of piperidine rings is 1. The molecule has 2 heterocycles. The molecule has 0 N–H and O–H groups in total. The van der Waals surface area contributed by atoms with E-state index in [1.54, 1.807) is 0 Å². The van der Waals surface area contributed by atoms with Crippen molar-refractivity contribution in [1.82, 2.24) is 15.1 Å². The minimum Gasteiger partial charge on any atom is -0.228 e. The van der Waals surface area contributed by atoms with Gasteiger partial charge >= 0.3 is 0 Å². The van der Waals surface area contributed by atoms with E-state index in [2.05, 4.69) is 29.0 Å². The molecule has 2 saturated heterocycles. The highest BCUT2D eigenvalue weighted by molar-refractivity contribution is 4.69. The van der Waals surface area contributed by atoms with Crippen molar-refractivity contribution < 1.29 is 0 Å². The maximum Gasteiger partial charge on any atom is 0.0316 e. The van der Waals surface area contributed by atoms with Crippen LogP contribution in [0.4, 0.5) is 0 Å². The molecular weight excluding hydrogens is 198 g/mol. The van der Waals surface area contributed by atoms with Gasteiger partial charge in [0, 0.05) is 32.7 Å². The summed E-state index contributed by atoms with van der Waals surface area (Å²) in [5.74, 6) is 0.752. The molecule has 3 heteroatoms. The fourth-order valence-corrected chi connectivity index (χ4v) is 2.78. The predicted octanol–water partition coefficient (Wildman–Crippen LogP) is 2.36. The molecule has 0 aromatic carbocycles. The Kier molecular flexibility index (Phi) is 4.62. The molecule has 94 valence electrons. The predicted molar refractivity (Wildman–Crippen MR) is 67.8 cm³/mol. The van der Waals surface area contributed by atoms with Crippen molar-refractivity contribution in [3.8, 4) is 0 Å². The Hall–Kier alpha value is -0.120. The highest BCUT2D eigenvalue weighted by Crippen LogP contribution is 2.19. The molecular formula is C13H27N3. The van der Waals surface area contributed by atoms with Gasteiger partial charge in [0.1, 0.15) is 0 Å². The molecule has 16 heavy (non-hydrogen) atoms. The Morgan fingerprint density at radius 1 is 0.812 bits per heavy atom. The quantitative estimate of drug-likeness (QED) is 0.727. The smallest absolute Gasteiger partial charge is 0.0316 e. The van der Waals surface area contributed by atoms with Crippen LogP contribution in [0, 0.1) is 5.92 Å². The van der Waals surface area contributed by atoms with Crippen LogP contribution >= 0.6 is 0 Å². The molecule has 2 rings (SSSR count). The van der Waals surface area contributed by atoms with E-state index in [1.165, 1.54) is 64.8 Å². The zero-order chi connectivity index (χ0) is 11.4. The Morgan fingerprint density at radius 2 is 1.25 bits per heavy atom. The van der Waals surface area contributed by atoms with Gasteiger partial charge in [-0.15, -0.1) is 0 Å². The molecule has 0 aliphatic carbocycles. The average molecular weight is 225 g/mol. The lowest BCUT2D eigenvalue weighted by atomic mass is 10.1. The maximum atomic E-state index is 2.59. The van der Waals surface area contributed by atoms with Crippen LogP contribution < -0.4 is 0 Å². The summed E-state index contributed by atoms with van der Waals surface area (Å²) < 4.78 is 0. The summed E-state index contributed by atoms with van der Waals surface area (Å²) in [4.78, 5) is 0. The first kappa shape index (κ1) is 12.3. The van der Waals surface area contributed by atoms with Gasteiger partial charge in [-0.25, -0.2) is 10.0 Å². The molecule has 0 spiro atoms. The third-order valence-electron chi connectivity index (χ3n) is 3.60. The van der Waals surface area contributed by atoms with Crippen LogP contribution in [0.5, 0.6) is 0 Å². The van der Waals surface area contributed by atoms with Gasteiger partial charge in [-0.05, 0) is 31.6 Å². The number of hydrogen-bond acceptors (Lipinski definition) is 3. The first-order valence-electron chi connectivity index (χ1n) is 7.04. The topological polar surface area (TPSA) is 9.72 Å². The molecule has 2 fully saturated rings. The van der Waals surface area contributed by atoms with E-state index in [1.807, 2.05) is 0 Å². The first-order chi connectivity index (χ1) is 7.77. The average Bonchev–Trinajstić information content (AvgIpc) is 2.80. The molecule has 3 nitrogen and oxygen atoms in total. The molecule has 0 bridgehead atoms. The standard InChI is InChI=1S/C13H27N3/c1-13(2)12-16(15-10-6-7-11-15)14-8-4-3-5-9-14/h13H,3-12H2,1-2H3. The Bertz CT molecular complexity index is 193. The van der Waals surface area contributed by atoms with E-state index in [0.717, 1.165) is 5.92 Å². The van der Waals surface area contributed by atoms with Crippen LogP contribution in [0.3, 0.4) is 0 Å². The summed E-state index contributed by atoms with van der Waals surface area (Å²) >= 11 is 0. The van der Waals surface area contributed by atoms with E-state index in [0.29, 0.717) is 0 Å². The molecule has 0 aromatic rings. The molecule has 0 amide bonds. The fourth-order valence-electron chi connectivity index (χ4n) is 2.78. The van der Waals surface area contributed by atoms with Gasteiger partial charge in [-0.2, -0.15) is 5.12 Å². The lowest BCUT2D eigenvalue weighted by Crippen LogP contribution is -2.55. The summed E-state index contributed by atoms with van der Waals surface area (Å²) in [6.45, 7) is 10.9. The van der Waals surface area contributed by atoms with Gasteiger partial charge in [0.25, 0.3) is 0 Å².